The SMILES string of the molecule is COC(=O)C(C)c1cccc(NC(=O)CCc2cnn(C)c2)c1. The zero-order chi connectivity index (χ0) is 16.8. The number of aryl methyl sites for hydroxylation is 2. The van der Waals surface area contributed by atoms with Gasteiger partial charge in [0, 0.05) is 25.4 Å². The maximum atomic E-state index is 12.0. The molecule has 0 saturated heterocycles. The molecule has 1 amide bonds. The van der Waals surface area contributed by atoms with Crippen LogP contribution in [0.4, 0.5) is 5.69 Å². The smallest absolute Gasteiger partial charge is 0.312 e. The van der Waals surface area contributed by atoms with Gasteiger partial charge < -0.3 is 10.1 Å². The van der Waals surface area contributed by atoms with Crippen molar-refractivity contribution in [1.29, 1.82) is 0 Å². The zero-order valence-electron chi connectivity index (χ0n) is 13.6. The third-order valence-corrected chi connectivity index (χ3v) is 3.62. The van der Waals surface area contributed by atoms with Gasteiger partial charge >= 0.3 is 5.97 Å². The minimum Gasteiger partial charge on any atom is -0.469 e. The molecule has 2 aromatic rings. The molecular formula is C17H21N3O3. The monoisotopic (exact) mass is 315 g/mol. The number of hydrogen-bond acceptors (Lipinski definition) is 4. The standard InChI is InChI=1S/C17H21N3O3/c1-12(17(22)23-3)14-5-4-6-15(9-14)19-16(21)8-7-13-10-18-20(2)11-13/h4-6,9-12H,7-8H2,1-3H3,(H,19,21). The van der Waals surface area contributed by atoms with Gasteiger partial charge in [0.2, 0.25) is 5.91 Å². The Labute approximate surface area is 135 Å². The zero-order valence-corrected chi connectivity index (χ0v) is 13.6. The van der Waals surface area contributed by atoms with Crippen LogP contribution in [0.2, 0.25) is 0 Å². The van der Waals surface area contributed by atoms with Crippen LogP contribution in [0, 0.1) is 0 Å². The summed E-state index contributed by atoms with van der Waals surface area (Å²) in [6.45, 7) is 1.77. The Morgan fingerprint density at radius 3 is 2.83 bits per heavy atom. The first kappa shape index (κ1) is 16.7. The Hall–Kier alpha value is -2.63. The van der Waals surface area contributed by atoms with E-state index in [1.807, 2.05) is 25.4 Å². The molecule has 1 N–H and O–H groups in total. The van der Waals surface area contributed by atoms with Crippen molar-refractivity contribution in [3.63, 3.8) is 0 Å². The van der Waals surface area contributed by atoms with E-state index in [1.54, 1.807) is 29.9 Å². The number of aromatic nitrogens is 2. The third kappa shape index (κ3) is 4.67. The fraction of sp³-hybridized carbons (Fsp3) is 0.353. The molecule has 1 atom stereocenters. The molecule has 1 unspecified atom stereocenters. The van der Waals surface area contributed by atoms with Gasteiger partial charge in [0.1, 0.15) is 0 Å². The molecule has 0 bridgehead atoms. The van der Waals surface area contributed by atoms with Crippen molar-refractivity contribution in [2.24, 2.45) is 7.05 Å². The number of methoxy groups -OCH3 is 1. The van der Waals surface area contributed by atoms with Crippen LogP contribution in [-0.2, 0) is 27.8 Å². The van der Waals surface area contributed by atoms with E-state index in [-0.39, 0.29) is 17.8 Å². The van der Waals surface area contributed by atoms with Crippen LogP contribution < -0.4 is 5.32 Å². The van der Waals surface area contributed by atoms with E-state index < -0.39 is 0 Å². The van der Waals surface area contributed by atoms with Crippen molar-refractivity contribution < 1.29 is 14.3 Å². The number of rotatable bonds is 6. The first-order chi connectivity index (χ1) is 11.0. The lowest BCUT2D eigenvalue weighted by Gasteiger charge is -2.11. The van der Waals surface area contributed by atoms with Gasteiger partial charge in [-0.05, 0) is 36.6 Å². The van der Waals surface area contributed by atoms with E-state index in [0.717, 1.165) is 11.1 Å². The number of benzene rings is 1. The van der Waals surface area contributed by atoms with Gasteiger partial charge in [0.05, 0.1) is 19.2 Å². The molecule has 0 aliphatic heterocycles. The number of anilines is 1. The van der Waals surface area contributed by atoms with Gasteiger partial charge in [0.15, 0.2) is 0 Å². The van der Waals surface area contributed by atoms with Gasteiger partial charge in [-0.15, -0.1) is 0 Å². The van der Waals surface area contributed by atoms with Gasteiger partial charge in [-0.1, -0.05) is 12.1 Å². The number of ether oxygens (including phenoxy) is 1. The summed E-state index contributed by atoms with van der Waals surface area (Å²) in [6.07, 6.45) is 4.66. The normalized spacial score (nSPS) is 11.8. The molecule has 6 nitrogen and oxygen atoms in total. The van der Waals surface area contributed by atoms with Crippen LogP contribution in [0.25, 0.3) is 0 Å². The highest BCUT2D eigenvalue weighted by Gasteiger charge is 2.16. The summed E-state index contributed by atoms with van der Waals surface area (Å²) >= 11 is 0. The molecule has 122 valence electrons. The molecule has 2 rings (SSSR count). The molecule has 0 radical (unpaired) electrons. The highest BCUT2D eigenvalue weighted by Crippen LogP contribution is 2.20. The van der Waals surface area contributed by atoms with Crippen LogP contribution >= 0.6 is 0 Å². The van der Waals surface area contributed by atoms with E-state index in [0.29, 0.717) is 18.5 Å². The number of nitrogens with one attached hydrogen (secondary N) is 1. The second-order valence-corrected chi connectivity index (χ2v) is 5.44. The summed E-state index contributed by atoms with van der Waals surface area (Å²) in [5.74, 6) is -0.742. The topological polar surface area (TPSA) is 73.2 Å². The average Bonchev–Trinajstić information content (AvgIpc) is 2.97. The number of carbonyl (C=O) groups is 2. The molecule has 0 aliphatic carbocycles. The average molecular weight is 315 g/mol. The quantitative estimate of drug-likeness (QED) is 0.830. The number of esters is 1. The summed E-state index contributed by atoms with van der Waals surface area (Å²) < 4.78 is 6.46. The fourth-order valence-corrected chi connectivity index (χ4v) is 2.28. The molecule has 6 heteroatoms. The minimum absolute atomic E-state index is 0.0725. The second-order valence-electron chi connectivity index (χ2n) is 5.44. The van der Waals surface area contributed by atoms with E-state index in [1.165, 1.54) is 7.11 Å². The Bertz CT molecular complexity index is 694. The summed E-state index contributed by atoms with van der Waals surface area (Å²) in [5.41, 5.74) is 2.51. The summed E-state index contributed by atoms with van der Waals surface area (Å²) in [5, 5.41) is 6.93. The summed E-state index contributed by atoms with van der Waals surface area (Å²) in [6, 6.07) is 7.25. The Balaban J connectivity index is 1.94. The Kier molecular flexibility index (Phi) is 5.51. The lowest BCUT2D eigenvalue weighted by Crippen LogP contribution is -2.14. The van der Waals surface area contributed by atoms with Gasteiger partial charge in [-0.2, -0.15) is 5.10 Å². The molecule has 1 heterocycles. The largest absolute Gasteiger partial charge is 0.469 e. The highest BCUT2D eigenvalue weighted by molar-refractivity contribution is 5.91. The van der Waals surface area contributed by atoms with Gasteiger partial charge in [0.25, 0.3) is 0 Å². The van der Waals surface area contributed by atoms with Crippen molar-refractivity contribution in [2.75, 3.05) is 12.4 Å². The maximum Gasteiger partial charge on any atom is 0.312 e. The number of nitrogens with zero attached hydrogens (tertiary/aromatic N) is 2. The molecule has 0 fully saturated rings. The van der Waals surface area contributed by atoms with Crippen LogP contribution in [0.15, 0.2) is 36.7 Å². The second kappa shape index (κ2) is 7.58. The summed E-state index contributed by atoms with van der Waals surface area (Å²) in [7, 11) is 3.21. The lowest BCUT2D eigenvalue weighted by molar-refractivity contribution is -0.142. The lowest BCUT2D eigenvalue weighted by atomic mass is 10.0. The molecule has 0 saturated carbocycles. The highest BCUT2D eigenvalue weighted by atomic mass is 16.5. The van der Waals surface area contributed by atoms with Crippen molar-refractivity contribution in [2.45, 2.75) is 25.7 Å². The fourth-order valence-electron chi connectivity index (χ4n) is 2.28. The van der Waals surface area contributed by atoms with E-state index in [4.69, 9.17) is 4.74 Å². The molecule has 0 aliphatic rings. The Morgan fingerprint density at radius 1 is 1.39 bits per heavy atom. The van der Waals surface area contributed by atoms with E-state index in [2.05, 4.69) is 10.4 Å². The van der Waals surface area contributed by atoms with Crippen LogP contribution in [-0.4, -0.2) is 28.8 Å². The number of hydrogen-bond donors (Lipinski definition) is 1. The molecular weight excluding hydrogens is 294 g/mol. The molecule has 1 aromatic heterocycles. The first-order valence-electron chi connectivity index (χ1n) is 7.44. The molecule has 23 heavy (non-hydrogen) atoms. The third-order valence-electron chi connectivity index (χ3n) is 3.62. The number of carbonyl (C=O) groups excluding carboxylic acids is 2. The van der Waals surface area contributed by atoms with Crippen molar-refractivity contribution in [3.05, 3.63) is 47.8 Å². The van der Waals surface area contributed by atoms with E-state index in [9.17, 15) is 9.59 Å². The number of amides is 1. The maximum absolute atomic E-state index is 12.0. The predicted octanol–water partition coefficient (Wildman–Crippen LogP) is 2.27. The van der Waals surface area contributed by atoms with Crippen molar-refractivity contribution >= 4 is 17.6 Å². The molecule has 0 spiro atoms. The van der Waals surface area contributed by atoms with Gasteiger partial charge in [-0.25, -0.2) is 0 Å². The predicted molar refractivity (Wildman–Crippen MR) is 87.0 cm³/mol. The van der Waals surface area contributed by atoms with E-state index >= 15 is 0 Å². The van der Waals surface area contributed by atoms with Crippen LogP contribution in [0.5, 0.6) is 0 Å². The summed E-state index contributed by atoms with van der Waals surface area (Å²) in [4.78, 5) is 23.6. The minimum atomic E-state index is -0.368. The van der Waals surface area contributed by atoms with Gasteiger partial charge in [-0.3, -0.25) is 14.3 Å². The van der Waals surface area contributed by atoms with Crippen molar-refractivity contribution in [3.8, 4) is 0 Å². The Morgan fingerprint density at radius 2 is 2.17 bits per heavy atom. The molecule has 1 aromatic carbocycles. The first-order valence-corrected chi connectivity index (χ1v) is 7.44. The van der Waals surface area contributed by atoms with Crippen LogP contribution in [0.3, 0.4) is 0 Å². The van der Waals surface area contributed by atoms with Crippen molar-refractivity contribution in [1.82, 2.24) is 9.78 Å². The van der Waals surface area contributed by atoms with Crippen LogP contribution in [0.1, 0.15) is 30.4 Å².